The van der Waals surface area contributed by atoms with Gasteiger partial charge in [0.05, 0.1) is 36.4 Å². The van der Waals surface area contributed by atoms with Crippen LogP contribution in [0.4, 0.5) is 10.1 Å². The van der Waals surface area contributed by atoms with Crippen molar-refractivity contribution >= 4 is 11.6 Å². The van der Waals surface area contributed by atoms with E-state index in [-0.39, 0.29) is 30.0 Å². The van der Waals surface area contributed by atoms with Gasteiger partial charge in [0.1, 0.15) is 5.82 Å². The molecule has 2 aliphatic rings. The van der Waals surface area contributed by atoms with E-state index in [1.165, 1.54) is 12.1 Å². The summed E-state index contributed by atoms with van der Waals surface area (Å²) >= 11 is 0. The molecule has 8 heteroatoms. The van der Waals surface area contributed by atoms with E-state index >= 15 is 0 Å². The van der Waals surface area contributed by atoms with Gasteiger partial charge in [0.2, 0.25) is 0 Å². The zero-order valence-electron chi connectivity index (χ0n) is 21.8. The smallest absolute Gasteiger partial charge is 0.253 e. The van der Waals surface area contributed by atoms with Gasteiger partial charge in [-0.3, -0.25) is 4.79 Å². The molecule has 5 rings (SSSR count). The molecule has 2 aromatic carbocycles. The molecule has 0 saturated carbocycles. The first kappa shape index (κ1) is 26.0. The summed E-state index contributed by atoms with van der Waals surface area (Å²) in [6.07, 6.45) is 6.00. The van der Waals surface area contributed by atoms with Crippen molar-refractivity contribution in [1.29, 1.82) is 0 Å². The molecule has 1 N–H and O–H groups in total. The van der Waals surface area contributed by atoms with Gasteiger partial charge in [0.15, 0.2) is 0 Å². The zero-order valence-corrected chi connectivity index (χ0v) is 21.8. The molecular weight excluding hydrogens is 483 g/mol. The lowest BCUT2D eigenvalue weighted by atomic mass is 10.0. The van der Waals surface area contributed by atoms with E-state index in [0.717, 1.165) is 24.3 Å². The minimum Gasteiger partial charge on any atom is -0.391 e. The molecule has 198 valence electrons. The number of benzene rings is 2. The van der Waals surface area contributed by atoms with Crippen LogP contribution >= 0.6 is 0 Å². The highest BCUT2D eigenvalue weighted by Crippen LogP contribution is 2.28. The van der Waals surface area contributed by atoms with Gasteiger partial charge in [0.25, 0.3) is 5.91 Å². The van der Waals surface area contributed by atoms with Crippen LogP contribution in [0.3, 0.4) is 0 Å². The molecule has 0 aliphatic carbocycles. The molecule has 1 amide bonds. The molecule has 0 unspecified atom stereocenters. The van der Waals surface area contributed by atoms with E-state index < -0.39 is 6.10 Å². The van der Waals surface area contributed by atoms with E-state index in [1.807, 2.05) is 33.9 Å². The highest BCUT2D eigenvalue weighted by atomic mass is 19.1. The van der Waals surface area contributed by atoms with Crippen molar-refractivity contribution in [3.63, 3.8) is 0 Å². The predicted octanol–water partition coefficient (Wildman–Crippen LogP) is 3.87. The number of hydrogen-bond acceptors (Lipinski definition) is 5. The van der Waals surface area contributed by atoms with E-state index in [4.69, 9.17) is 4.74 Å². The van der Waals surface area contributed by atoms with Gasteiger partial charge < -0.3 is 24.2 Å². The first-order chi connectivity index (χ1) is 18.4. The summed E-state index contributed by atoms with van der Waals surface area (Å²) in [5.74, 6) is 5.99. The van der Waals surface area contributed by atoms with Crippen molar-refractivity contribution in [2.45, 2.75) is 51.0 Å². The van der Waals surface area contributed by atoms with Crippen LogP contribution < -0.4 is 4.90 Å². The number of ether oxygens (including phenoxy) is 1. The Morgan fingerprint density at radius 3 is 2.50 bits per heavy atom. The van der Waals surface area contributed by atoms with Crippen LogP contribution in [0, 0.1) is 17.7 Å². The van der Waals surface area contributed by atoms with Crippen molar-refractivity contribution in [2.24, 2.45) is 0 Å². The summed E-state index contributed by atoms with van der Waals surface area (Å²) in [5.41, 5.74) is 2.95. The van der Waals surface area contributed by atoms with Gasteiger partial charge in [-0.15, -0.1) is 0 Å². The highest BCUT2D eigenvalue weighted by molar-refractivity contribution is 5.95. The Labute approximate surface area is 222 Å². The van der Waals surface area contributed by atoms with Crippen molar-refractivity contribution in [2.75, 3.05) is 31.1 Å². The molecule has 38 heavy (non-hydrogen) atoms. The molecule has 7 nitrogen and oxygen atoms in total. The van der Waals surface area contributed by atoms with Crippen molar-refractivity contribution < 1.29 is 19.0 Å². The fourth-order valence-corrected chi connectivity index (χ4v) is 5.36. The molecular formula is C30H33FN4O3. The molecule has 2 saturated heterocycles. The Morgan fingerprint density at radius 2 is 1.79 bits per heavy atom. The molecule has 3 aromatic rings. The van der Waals surface area contributed by atoms with Crippen LogP contribution in [0.2, 0.25) is 0 Å². The molecule has 4 atom stereocenters. The Hall–Kier alpha value is -3.67. The number of carbonyl (C=O) groups is 1. The second-order valence-corrected chi connectivity index (χ2v) is 10.2. The summed E-state index contributed by atoms with van der Waals surface area (Å²) in [5, 5.41) is 10.7. The molecule has 0 bridgehead atoms. The van der Waals surface area contributed by atoms with Gasteiger partial charge in [0, 0.05) is 55.3 Å². The number of amides is 1. The number of likely N-dealkylation sites (tertiary alicyclic amines) is 1. The fraction of sp³-hybridized carbons (Fsp3) is 0.400. The van der Waals surface area contributed by atoms with E-state index in [9.17, 15) is 14.3 Å². The number of carbonyl (C=O) groups excluding carboxylic acids is 1. The summed E-state index contributed by atoms with van der Waals surface area (Å²) in [4.78, 5) is 21.8. The van der Waals surface area contributed by atoms with E-state index in [2.05, 4.69) is 35.6 Å². The zero-order chi connectivity index (χ0) is 26.6. The van der Waals surface area contributed by atoms with Crippen molar-refractivity contribution in [3.05, 3.63) is 83.7 Å². The number of aromatic nitrogens is 2. The number of imidazole rings is 1. The Morgan fingerprint density at radius 1 is 1.05 bits per heavy atom. The quantitative estimate of drug-likeness (QED) is 0.536. The number of hydrogen-bond donors (Lipinski definition) is 1. The predicted molar refractivity (Wildman–Crippen MR) is 143 cm³/mol. The average Bonchev–Trinajstić information content (AvgIpc) is 3.36. The summed E-state index contributed by atoms with van der Waals surface area (Å²) in [7, 11) is 0. The van der Waals surface area contributed by atoms with Crippen molar-refractivity contribution in [1.82, 2.24) is 14.5 Å². The van der Waals surface area contributed by atoms with Crippen LogP contribution in [0.25, 0.3) is 0 Å². The lowest BCUT2D eigenvalue weighted by Crippen LogP contribution is -2.45. The minimum absolute atomic E-state index is 0.0740. The SMILES string of the molecule is C[C@@H]1CN(c2ccc(C(=O)N3CC[C@H](O)[C@@H](n4ccnc4)CC3)cc2C#Cc2ccc(F)cc2)C[C@H](C)O1. The summed E-state index contributed by atoms with van der Waals surface area (Å²) in [6, 6.07) is 11.6. The molecule has 2 fully saturated rings. The summed E-state index contributed by atoms with van der Waals surface area (Å²) in [6.45, 7) is 6.56. The first-order valence-corrected chi connectivity index (χ1v) is 13.1. The van der Waals surface area contributed by atoms with Crippen LogP contribution in [-0.2, 0) is 4.74 Å². The van der Waals surface area contributed by atoms with Crippen LogP contribution in [-0.4, -0.2) is 70.0 Å². The molecule has 2 aliphatic heterocycles. The third kappa shape index (κ3) is 5.90. The van der Waals surface area contributed by atoms with Crippen LogP contribution in [0.15, 0.2) is 61.2 Å². The lowest BCUT2D eigenvalue weighted by molar-refractivity contribution is -0.00523. The maximum absolute atomic E-state index is 13.6. The number of morpholine rings is 1. The fourth-order valence-electron chi connectivity index (χ4n) is 5.36. The van der Waals surface area contributed by atoms with Crippen molar-refractivity contribution in [3.8, 4) is 11.8 Å². The monoisotopic (exact) mass is 516 g/mol. The third-order valence-corrected chi connectivity index (χ3v) is 7.22. The van der Waals surface area contributed by atoms with Gasteiger partial charge in [-0.1, -0.05) is 11.8 Å². The Bertz CT molecular complexity index is 1310. The van der Waals surface area contributed by atoms with Crippen LogP contribution in [0.5, 0.6) is 0 Å². The largest absolute Gasteiger partial charge is 0.391 e. The molecule has 3 heterocycles. The maximum Gasteiger partial charge on any atom is 0.253 e. The normalized spacial score (nSPS) is 23.9. The standard InChI is InChI=1S/C30H33FN4O3/c1-21-18-35(19-22(2)38-21)27-10-7-25(17-24(27)6-3-23-4-8-26(31)9-5-23)30(37)33-14-11-28(29(36)12-15-33)34-16-13-32-20-34/h4-5,7-10,13,16-17,20-22,28-29,36H,11-12,14-15,18-19H2,1-2H3/t21-,22+,28-,29-/m0/s1. The van der Waals surface area contributed by atoms with Gasteiger partial charge >= 0.3 is 0 Å². The number of aliphatic hydroxyl groups is 1. The second-order valence-electron chi connectivity index (χ2n) is 10.2. The second kappa shape index (κ2) is 11.4. The van der Waals surface area contributed by atoms with Gasteiger partial charge in [-0.2, -0.15) is 0 Å². The van der Waals surface area contributed by atoms with Gasteiger partial charge in [-0.05, 0) is 69.2 Å². The minimum atomic E-state index is -0.549. The molecule has 1 aromatic heterocycles. The number of rotatable bonds is 3. The summed E-state index contributed by atoms with van der Waals surface area (Å²) < 4.78 is 21.2. The lowest BCUT2D eigenvalue weighted by Gasteiger charge is -2.37. The third-order valence-electron chi connectivity index (χ3n) is 7.22. The van der Waals surface area contributed by atoms with Gasteiger partial charge in [-0.25, -0.2) is 9.37 Å². The van der Waals surface area contributed by atoms with Crippen LogP contribution in [0.1, 0.15) is 54.2 Å². The molecule has 0 radical (unpaired) electrons. The number of halogens is 1. The number of anilines is 1. The highest BCUT2D eigenvalue weighted by Gasteiger charge is 2.29. The maximum atomic E-state index is 13.6. The first-order valence-electron chi connectivity index (χ1n) is 13.1. The molecule has 0 spiro atoms. The number of aliphatic hydroxyl groups excluding tert-OH is 1. The average molecular weight is 517 g/mol. The Kier molecular flexibility index (Phi) is 7.77. The topological polar surface area (TPSA) is 70.8 Å². The number of nitrogens with zero attached hydrogens (tertiary/aromatic N) is 4. The Balaban J connectivity index is 1.42. The van der Waals surface area contributed by atoms with E-state index in [0.29, 0.717) is 37.1 Å². The van der Waals surface area contributed by atoms with E-state index in [1.54, 1.807) is 24.7 Å².